The van der Waals surface area contributed by atoms with Crippen LogP contribution in [0.1, 0.15) is 32.3 Å². The van der Waals surface area contributed by atoms with Gasteiger partial charge in [-0.3, -0.25) is 19.9 Å². The van der Waals surface area contributed by atoms with Gasteiger partial charge in [0.1, 0.15) is 5.92 Å². The molecule has 2 heterocycles. The zero-order valence-corrected chi connectivity index (χ0v) is 19.1. The maximum atomic E-state index is 13.1. The van der Waals surface area contributed by atoms with Gasteiger partial charge in [-0.1, -0.05) is 12.1 Å². The summed E-state index contributed by atoms with van der Waals surface area (Å²) in [6.07, 6.45) is 0.208. The molecule has 3 atom stereocenters. The molecular weight excluding hydrogens is 436 g/mol. The first-order valence-corrected chi connectivity index (χ1v) is 11.6. The molecule has 1 aromatic carbocycles. The van der Waals surface area contributed by atoms with Crippen LogP contribution in [0.15, 0.2) is 40.5 Å². The lowest BCUT2D eigenvalue weighted by Gasteiger charge is -2.32. The highest BCUT2D eigenvalue weighted by Crippen LogP contribution is 2.42. The summed E-state index contributed by atoms with van der Waals surface area (Å²) in [6.45, 7) is 6.13. The summed E-state index contributed by atoms with van der Waals surface area (Å²) in [4.78, 5) is 41.5. The highest BCUT2D eigenvalue weighted by Gasteiger charge is 2.43. The van der Waals surface area contributed by atoms with Crippen molar-refractivity contribution in [3.8, 4) is 0 Å². The van der Waals surface area contributed by atoms with E-state index in [0.29, 0.717) is 22.7 Å². The fourth-order valence-corrected chi connectivity index (χ4v) is 4.66. The number of epoxide rings is 1. The Morgan fingerprint density at radius 1 is 1.28 bits per heavy atom. The second kappa shape index (κ2) is 10.7. The van der Waals surface area contributed by atoms with Gasteiger partial charge in [-0.05, 0) is 26.3 Å². The van der Waals surface area contributed by atoms with Crippen LogP contribution in [0.4, 0.5) is 5.69 Å². The Bertz CT molecular complexity index is 955. The van der Waals surface area contributed by atoms with E-state index in [-0.39, 0.29) is 30.6 Å². The first-order valence-electron chi connectivity index (χ1n) is 10.4. The molecule has 3 rings (SSSR count). The molecule has 1 fully saturated rings. The fraction of sp³-hybridized carbons (Fsp3) is 0.500. The quantitative estimate of drug-likeness (QED) is 0.225. The minimum absolute atomic E-state index is 0.129. The molecular formula is C22H26N2O7S. The van der Waals surface area contributed by atoms with Crippen LogP contribution in [0.2, 0.25) is 0 Å². The molecule has 172 valence electrons. The molecule has 2 aliphatic heterocycles. The Morgan fingerprint density at radius 2 is 2.00 bits per heavy atom. The van der Waals surface area contributed by atoms with Crippen molar-refractivity contribution in [3.05, 3.63) is 51.2 Å². The molecule has 0 amide bonds. The number of nitro groups is 1. The Kier molecular flexibility index (Phi) is 8.03. The van der Waals surface area contributed by atoms with E-state index in [9.17, 15) is 19.7 Å². The second-order valence-electron chi connectivity index (χ2n) is 7.36. The molecule has 0 saturated carbocycles. The number of benzene rings is 1. The van der Waals surface area contributed by atoms with E-state index in [2.05, 4.69) is 4.99 Å². The molecule has 2 aliphatic rings. The molecule has 0 radical (unpaired) electrons. The van der Waals surface area contributed by atoms with Gasteiger partial charge in [0, 0.05) is 35.3 Å². The number of nitro benzene ring substituents is 1. The largest absolute Gasteiger partial charge is 0.465 e. The Balaban J connectivity index is 2.11. The standard InChI is InChI=1S/C22H26N2O7S/c1-4-29-21(25)18-13(3)23-17(12-32-11-16-10-31-16)20(22(26)30-5-2)19(18)14-7-6-8-15(9-14)24(27)28/h6-9,16,18-19H,4-5,10-12H2,1-3H3. The number of non-ortho nitro benzene ring substituents is 1. The van der Waals surface area contributed by atoms with Crippen molar-refractivity contribution in [1.29, 1.82) is 0 Å². The van der Waals surface area contributed by atoms with E-state index in [1.807, 2.05) is 0 Å². The molecule has 0 aliphatic carbocycles. The molecule has 0 N–H and O–H groups in total. The van der Waals surface area contributed by atoms with Gasteiger partial charge < -0.3 is 14.2 Å². The van der Waals surface area contributed by atoms with Gasteiger partial charge in [0.25, 0.3) is 5.69 Å². The Labute approximate surface area is 190 Å². The van der Waals surface area contributed by atoms with Gasteiger partial charge in [0.05, 0.1) is 42.1 Å². The number of rotatable bonds is 10. The molecule has 1 saturated heterocycles. The third-order valence-corrected chi connectivity index (χ3v) is 6.22. The lowest BCUT2D eigenvalue weighted by atomic mass is 9.75. The van der Waals surface area contributed by atoms with Crippen LogP contribution < -0.4 is 0 Å². The summed E-state index contributed by atoms with van der Waals surface area (Å²) in [6, 6.07) is 5.97. The maximum Gasteiger partial charge on any atom is 0.336 e. The zero-order valence-electron chi connectivity index (χ0n) is 18.2. The number of aliphatic imine (C=N–C) groups is 1. The number of hydrogen-bond donors (Lipinski definition) is 0. The molecule has 0 spiro atoms. The summed E-state index contributed by atoms with van der Waals surface area (Å²) in [5.74, 6) is -1.64. The zero-order chi connectivity index (χ0) is 23.3. The lowest BCUT2D eigenvalue weighted by molar-refractivity contribution is -0.384. The number of carbonyl (C=O) groups is 2. The molecule has 0 aromatic heterocycles. The van der Waals surface area contributed by atoms with E-state index < -0.39 is 28.7 Å². The fourth-order valence-electron chi connectivity index (χ4n) is 3.67. The number of carbonyl (C=O) groups excluding carboxylic acids is 2. The van der Waals surface area contributed by atoms with E-state index in [0.717, 1.165) is 12.4 Å². The highest BCUT2D eigenvalue weighted by molar-refractivity contribution is 7.99. The average Bonchev–Trinajstić information content (AvgIpc) is 3.58. The van der Waals surface area contributed by atoms with Gasteiger partial charge >= 0.3 is 11.9 Å². The van der Waals surface area contributed by atoms with Crippen molar-refractivity contribution in [1.82, 2.24) is 0 Å². The minimum Gasteiger partial charge on any atom is -0.465 e. The van der Waals surface area contributed by atoms with Crippen molar-refractivity contribution in [2.45, 2.75) is 32.8 Å². The first kappa shape index (κ1) is 23.9. The van der Waals surface area contributed by atoms with Gasteiger partial charge in [-0.25, -0.2) is 4.79 Å². The minimum atomic E-state index is -0.892. The predicted octanol–water partition coefficient (Wildman–Crippen LogP) is 3.28. The first-order chi connectivity index (χ1) is 15.4. The second-order valence-corrected chi connectivity index (χ2v) is 8.39. The molecule has 9 nitrogen and oxygen atoms in total. The average molecular weight is 463 g/mol. The van der Waals surface area contributed by atoms with Crippen LogP contribution >= 0.6 is 11.8 Å². The third-order valence-electron chi connectivity index (χ3n) is 5.14. The van der Waals surface area contributed by atoms with E-state index >= 15 is 0 Å². The van der Waals surface area contributed by atoms with Gasteiger partial charge in [-0.2, -0.15) is 11.8 Å². The monoisotopic (exact) mass is 462 g/mol. The van der Waals surface area contributed by atoms with Crippen LogP contribution in [-0.2, 0) is 23.8 Å². The summed E-state index contributed by atoms with van der Waals surface area (Å²) < 4.78 is 15.8. The summed E-state index contributed by atoms with van der Waals surface area (Å²) in [7, 11) is 0. The Hall–Kier alpha value is -2.72. The molecule has 1 aromatic rings. The van der Waals surface area contributed by atoms with E-state index in [1.54, 1.807) is 44.7 Å². The summed E-state index contributed by atoms with van der Waals surface area (Å²) in [5, 5.41) is 11.4. The molecule has 0 bridgehead atoms. The van der Waals surface area contributed by atoms with Crippen LogP contribution in [0, 0.1) is 16.0 Å². The molecule has 3 unspecified atom stereocenters. The number of thioether (sulfide) groups is 1. The van der Waals surface area contributed by atoms with Crippen LogP contribution in [0.5, 0.6) is 0 Å². The topological polar surface area (TPSA) is 121 Å². The van der Waals surface area contributed by atoms with Gasteiger partial charge in [-0.15, -0.1) is 0 Å². The number of nitrogens with zero attached hydrogens (tertiary/aromatic N) is 2. The van der Waals surface area contributed by atoms with Crippen molar-refractivity contribution >= 4 is 35.1 Å². The third kappa shape index (κ3) is 5.55. The highest BCUT2D eigenvalue weighted by atomic mass is 32.2. The predicted molar refractivity (Wildman–Crippen MR) is 120 cm³/mol. The SMILES string of the molecule is CCOC(=O)C1=C(CSCC2CO2)N=C(C)C(C(=O)OCC)C1c1cccc([N+](=O)[O-])c1. The lowest BCUT2D eigenvalue weighted by Crippen LogP contribution is -2.37. The van der Waals surface area contributed by atoms with Gasteiger partial charge in [0.2, 0.25) is 0 Å². The number of ether oxygens (including phenoxy) is 3. The number of esters is 2. The normalized spacial score (nSPS) is 22.2. The van der Waals surface area contributed by atoms with Crippen molar-refractivity contribution in [2.24, 2.45) is 10.9 Å². The van der Waals surface area contributed by atoms with Crippen molar-refractivity contribution in [2.75, 3.05) is 31.3 Å². The Morgan fingerprint density at radius 3 is 2.62 bits per heavy atom. The summed E-state index contributed by atoms with van der Waals surface area (Å²) in [5.41, 5.74) is 1.56. The maximum absolute atomic E-state index is 13.1. The van der Waals surface area contributed by atoms with Crippen LogP contribution in [0.3, 0.4) is 0 Å². The smallest absolute Gasteiger partial charge is 0.336 e. The van der Waals surface area contributed by atoms with E-state index in [1.165, 1.54) is 12.1 Å². The molecule has 32 heavy (non-hydrogen) atoms. The molecule has 10 heteroatoms. The van der Waals surface area contributed by atoms with Crippen LogP contribution in [0.25, 0.3) is 0 Å². The van der Waals surface area contributed by atoms with Crippen molar-refractivity contribution in [3.63, 3.8) is 0 Å². The van der Waals surface area contributed by atoms with Crippen LogP contribution in [-0.4, -0.2) is 60.0 Å². The van der Waals surface area contributed by atoms with Gasteiger partial charge in [0.15, 0.2) is 0 Å². The summed E-state index contributed by atoms with van der Waals surface area (Å²) >= 11 is 1.57. The number of hydrogen-bond acceptors (Lipinski definition) is 9. The van der Waals surface area contributed by atoms with E-state index in [4.69, 9.17) is 14.2 Å². The van der Waals surface area contributed by atoms with Crippen molar-refractivity contribution < 1.29 is 28.7 Å².